The molecule has 0 aromatic heterocycles. The van der Waals surface area contributed by atoms with Crippen LogP contribution in [0.4, 0.5) is 11.4 Å². The maximum Gasteiger partial charge on any atom is 0.236 e. The Morgan fingerprint density at radius 2 is 1.43 bits per heavy atom. The molecule has 1 aliphatic rings. The predicted molar refractivity (Wildman–Crippen MR) is 116 cm³/mol. The quantitative estimate of drug-likeness (QED) is 0.605. The van der Waals surface area contributed by atoms with Gasteiger partial charge in [-0.25, -0.2) is 0 Å². The first kappa shape index (κ1) is 18.6. The number of nitrogens with zero attached hydrogens (tertiary/aromatic N) is 1. The topological polar surface area (TPSA) is 32.3 Å². The van der Waals surface area contributed by atoms with Gasteiger partial charge in [-0.3, -0.25) is 4.79 Å². The number of hydrogen-bond donors (Lipinski definition) is 1. The summed E-state index contributed by atoms with van der Waals surface area (Å²) in [4.78, 5) is 15.7. The minimum absolute atomic E-state index is 0.0555. The lowest BCUT2D eigenvalue weighted by atomic mass is 9.90. The van der Waals surface area contributed by atoms with Crippen LogP contribution >= 0.6 is 11.6 Å². The highest BCUT2D eigenvalue weighted by atomic mass is 35.5. The minimum Gasteiger partial charge on any atom is -0.370 e. The van der Waals surface area contributed by atoms with Crippen molar-refractivity contribution in [1.82, 2.24) is 0 Å². The lowest BCUT2D eigenvalue weighted by Gasteiger charge is -2.24. The minimum atomic E-state index is -0.382. The summed E-state index contributed by atoms with van der Waals surface area (Å²) in [5.74, 6) is -0.437. The van der Waals surface area contributed by atoms with Crippen LogP contribution in [0.25, 0.3) is 0 Å². The largest absolute Gasteiger partial charge is 0.370 e. The van der Waals surface area contributed by atoms with Gasteiger partial charge in [-0.15, -0.1) is 0 Å². The van der Waals surface area contributed by atoms with E-state index in [9.17, 15) is 4.79 Å². The van der Waals surface area contributed by atoms with Crippen molar-refractivity contribution in [2.75, 3.05) is 23.3 Å². The van der Waals surface area contributed by atoms with E-state index in [2.05, 4.69) is 10.2 Å². The van der Waals surface area contributed by atoms with E-state index in [0.29, 0.717) is 5.02 Å². The molecular weight excluding hydrogens is 368 g/mol. The fourth-order valence-corrected chi connectivity index (χ4v) is 4.01. The summed E-state index contributed by atoms with van der Waals surface area (Å²) in [5, 5.41) is 3.78. The molecule has 142 valence electrons. The number of carbonyl (C=O) groups is 1. The molecule has 4 rings (SSSR count). The van der Waals surface area contributed by atoms with Crippen molar-refractivity contribution < 1.29 is 4.79 Å². The van der Waals surface area contributed by atoms with Gasteiger partial charge >= 0.3 is 0 Å². The molecule has 3 aromatic carbocycles. The molecular formula is C24H23ClN2O. The van der Waals surface area contributed by atoms with E-state index in [4.69, 9.17) is 11.6 Å². The van der Waals surface area contributed by atoms with Gasteiger partial charge in [0.25, 0.3) is 0 Å². The van der Waals surface area contributed by atoms with E-state index in [1.807, 2.05) is 78.9 Å². The molecule has 0 saturated carbocycles. The van der Waals surface area contributed by atoms with Gasteiger partial charge < -0.3 is 10.2 Å². The second-order valence-corrected chi connectivity index (χ2v) is 7.54. The Balaban J connectivity index is 1.68. The second kappa shape index (κ2) is 8.49. The molecule has 1 amide bonds. The standard InChI is InChI=1S/C24H23ClN2O/c25-20-13-14-22(27-15-7-8-16-27)21(17-20)26-24(28)23(18-9-3-1-4-10-18)19-11-5-2-6-12-19/h1-6,9-14,17,23H,7-8,15-16H2,(H,26,28). The molecule has 4 heteroatoms. The fraction of sp³-hybridized carbons (Fsp3) is 0.208. The highest BCUT2D eigenvalue weighted by molar-refractivity contribution is 6.31. The van der Waals surface area contributed by atoms with Crippen LogP contribution in [0, 0.1) is 0 Å². The van der Waals surface area contributed by atoms with Crippen LogP contribution in [0.1, 0.15) is 29.9 Å². The van der Waals surface area contributed by atoms with Crippen molar-refractivity contribution in [3.05, 3.63) is 95.0 Å². The number of amides is 1. The molecule has 1 N–H and O–H groups in total. The SMILES string of the molecule is O=C(Nc1cc(Cl)ccc1N1CCCC1)C(c1ccccc1)c1ccccc1. The summed E-state index contributed by atoms with van der Waals surface area (Å²) in [6.45, 7) is 2.01. The zero-order valence-electron chi connectivity index (χ0n) is 15.6. The Bertz CT molecular complexity index is 898. The van der Waals surface area contributed by atoms with Crippen LogP contribution in [-0.2, 0) is 4.79 Å². The molecule has 3 aromatic rings. The third kappa shape index (κ3) is 4.05. The molecule has 1 saturated heterocycles. The highest BCUT2D eigenvalue weighted by Crippen LogP contribution is 2.33. The summed E-state index contributed by atoms with van der Waals surface area (Å²) in [7, 11) is 0. The van der Waals surface area contributed by atoms with Crippen molar-refractivity contribution in [2.45, 2.75) is 18.8 Å². The Labute approximate surface area is 171 Å². The number of halogens is 1. The molecule has 0 radical (unpaired) electrons. The Morgan fingerprint density at radius 1 is 0.857 bits per heavy atom. The molecule has 0 atom stereocenters. The normalized spacial score (nSPS) is 13.7. The second-order valence-electron chi connectivity index (χ2n) is 7.10. The van der Waals surface area contributed by atoms with Crippen LogP contribution in [0.15, 0.2) is 78.9 Å². The third-order valence-corrected chi connectivity index (χ3v) is 5.43. The van der Waals surface area contributed by atoms with Gasteiger partial charge in [-0.2, -0.15) is 0 Å². The zero-order valence-corrected chi connectivity index (χ0v) is 16.4. The van der Waals surface area contributed by atoms with Crippen LogP contribution in [-0.4, -0.2) is 19.0 Å². The third-order valence-electron chi connectivity index (χ3n) is 5.19. The number of hydrogen-bond acceptors (Lipinski definition) is 2. The monoisotopic (exact) mass is 390 g/mol. The number of carbonyl (C=O) groups excluding carboxylic acids is 1. The van der Waals surface area contributed by atoms with Gasteiger partial charge in [0.05, 0.1) is 17.3 Å². The Kier molecular flexibility index (Phi) is 5.63. The average molecular weight is 391 g/mol. The first-order chi connectivity index (χ1) is 13.7. The van der Waals surface area contributed by atoms with Crippen molar-refractivity contribution >= 4 is 28.9 Å². The predicted octanol–water partition coefficient (Wildman–Crippen LogP) is 5.71. The molecule has 28 heavy (non-hydrogen) atoms. The molecule has 3 nitrogen and oxygen atoms in total. The van der Waals surface area contributed by atoms with Gasteiger partial charge in [0.2, 0.25) is 5.91 Å². The maximum absolute atomic E-state index is 13.4. The molecule has 1 fully saturated rings. The van der Waals surface area contributed by atoms with Gasteiger partial charge in [-0.05, 0) is 42.2 Å². The average Bonchev–Trinajstić information content (AvgIpc) is 3.24. The summed E-state index contributed by atoms with van der Waals surface area (Å²) < 4.78 is 0. The summed E-state index contributed by atoms with van der Waals surface area (Å²) in [6.07, 6.45) is 2.35. The van der Waals surface area contributed by atoms with E-state index >= 15 is 0 Å². The van der Waals surface area contributed by atoms with Crippen LogP contribution < -0.4 is 10.2 Å². The van der Waals surface area contributed by atoms with E-state index in [1.54, 1.807) is 0 Å². The smallest absolute Gasteiger partial charge is 0.236 e. The van der Waals surface area contributed by atoms with Crippen molar-refractivity contribution in [1.29, 1.82) is 0 Å². The number of rotatable bonds is 5. The zero-order chi connectivity index (χ0) is 19.3. The molecule has 0 aliphatic carbocycles. The number of anilines is 2. The molecule has 1 aliphatic heterocycles. The van der Waals surface area contributed by atoms with Crippen molar-refractivity contribution in [2.24, 2.45) is 0 Å². The Hall–Kier alpha value is -2.78. The van der Waals surface area contributed by atoms with Gasteiger partial charge in [-0.1, -0.05) is 72.3 Å². The molecule has 1 heterocycles. The van der Waals surface area contributed by atoms with Gasteiger partial charge in [0.1, 0.15) is 0 Å². The van der Waals surface area contributed by atoms with E-state index in [0.717, 1.165) is 35.6 Å². The first-order valence-corrected chi connectivity index (χ1v) is 10.1. The summed E-state index contributed by atoms with van der Waals surface area (Å²) in [5.41, 5.74) is 3.75. The Morgan fingerprint density at radius 3 is 2.00 bits per heavy atom. The van der Waals surface area contributed by atoms with E-state index in [-0.39, 0.29) is 11.8 Å². The van der Waals surface area contributed by atoms with E-state index < -0.39 is 0 Å². The summed E-state index contributed by atoms with van der Waals surface area (Å²) in [6, 6.07) is 25.5. The van der Waals surface area contributed by atoms with Crippen LogP contribution in [0.2, 0.25) is 5.02 Å². The lowest BCUT2D eigenvalue weighted by molar-refractivity contribution is -0.116. The maximum atomic E-state index is 13.4. The number of nitrogens with one attached hydrogen (secondary N) is 1. The van der Waals surface area contributed by atoms with E-state index in [1.165, 1.54) is 12.8 Å². The summed E-state index contributed by atoms with van der Waals surface area (Å²) >= 11 is 6.25. The number of benzene rings is 3. The molecule has 0 unspecified atom stereocenters. The molecule has 0 bridgehead atoms. The van der Waals surface area contributed by atoms with Gasteiger partial charge in [0.15, 0.2) is 0 Å². The first-order valence-electron chi connectivity index (χ1n) is 9.67. The van der Waals surface area contributed by atoms with Crippen LogP contribution in [0.5, 0.6) is 0 Å². The highest BCUT2D eigenvalue weighted by Gasteiger charge is 2.24. The molecule has 0 spiro atoms. The lowest BCUT2D eigenvalue weighted by Crippen LogP contribution is -2.25. The fourth-order valence-electron chi connectivity index (χ4n) is 3.83. The van der Waals surface area contributed by atoms with Gasteiger partial charge in [0, 0.05) is 18.1 Å². The van der Waals surface area contributed by atoms with Crippen molar-refractivity contribution in [3.8, 4) is 0 Å². The van der Waals surface area contributed by atoms with Crippen LogP contribution in [0.3, 0.4) is 0 Å². The van der Waals surface area contributed by atoms with Crippen molar-refractivity contribution in [3.63, 3.8) is 0 Å².